The topological polar surface area (TPSA) is 38.9 Å². The lowest BCUT2D eigenvalue weighted by atomic mass is 9.92. The molecule has 3 heteroatoms. The SMILES string of the molecule is Cc1cc2c(N)c3c(nc2cc1F)CCCC3. The highest BCUT2D eigenvalue weighted by Gasteiger charge is 2.17. The smallest absolute Gasteiger partial charge is 0.128 e. The minimum absolute atomic E-state index is 0.208. The van der Waals surface area contributed by atoms with E-state index in [4.69, 9.17) is 5.73 Å². The van der Waals surface area contributed by atoms with Gasteiger partial charge in [-0.15, -0.1) is 0 Å². The summed E-state index contributed by atoms with van der Waals surface area (Å²) in [6.45, 7) is 1.76. The molecule has 1 heterocycles. The summed E-state index contributed by atoms with van der Waals surface area (Å²) in [5, 5.41) is 0.893. The van der Waals surface area contributed by atoms with Crippen LogP contribution in [0, 0.1) is 12.7 Å². The first kappa shape index (κ1) is 10.5. The number of hydrogen-bond donors (Lipinski definition) is 1. The number of nitrogens with zero attached hydrogens (tertiary/aromatic N) is 1. The minimum atomic E-state index is -0.208. The summed E-state index contributed by atoms with van der Waals surface area (Å²) in [4.78, 5) is 4.56. The Kier molecular flexibility index (Phi) is 2.28. The zero-order valence-electron chi connectivity index (χ0n) is 9.89. The molecule has 2 N–H and O–H groups in total. The molecule has 17 heavy (non-hydrogen) atoms. The Labute approximate surface area is 99.7 Å². The lowest BCUT2D eigenvalue weighted by molar-refractivity contribution is 0.619. The molecule has 0 bridgehead atoms. The van der Waals surface area contributed by atoms with E-state index in [1.807, 2.05) is 6.07 Å². The summed E-state index contributed by atoms with van der Waals surface area (Å²) in [5.74, 6) is -0.208. The minimum Gasteiger partial charge on any atom is -0.398 e. The molecule has 3 rings (SSSR count). The number of benzene rings is 1. The quantitative estimate of drug-likeness (QED) is 0.755. The molecule has 1 aromatic carbocycles. The molecule has 88 valence electrons. The molecule has 0 saturated heterocycles. The average molecular weight is 230 g/mol. The molecule has 1 aromatic heterocycles. The van der Waals surface area contributed by atoms with Gasteiger partial charge in [-0.3, -0.25) is 4.98 Å². The number of nitrogen functional groups attached to an aromatic ring is 1. The van der Waals surface area contributed by atoms with Crippen LogP contribution in [0.4, 0.5) is 10.1 Å². The molecule has 0 fully saturated rings. The first-order valence-electron chi connectivity index (χ1n) is 6.04. The van der Waals surface area contributed by atoms with Gasteiger partial charge in [0.15, 0.2) is 0 Å². The van der Waals surface area contributed by atoms with Gasteiger partial charge in [-0.05, 0) is 49.8 Å². The van der Waals surface area contributed by atoms with Gasteiger partial charge in [-0.25, -0.2) is 4.39 Å². The third-order valence-corrected chi connectivity index (χ3v) is 3.59. The number of fused-ring (bicyclic) bond motifs is 2. The molecular formula is C14H15FN2. The number of aromatic nitrogens is 1. The van der Waals surface area contributed by atoms with Crippen LogP contribution in [0.3, 0.4) is 0 Å². The molecule has 0 unspecified atom stereocenters. The fraction of sp³-hybridized carbons (Fsp3) is 0.357. The Morgan fingerprint density at radius 1 is 1.24 bits per heavy atom. The third kappa shape index (κ3) is 1.57. The molecule has 0 saturated carbocycles. The Morgan fingerprint density at radius 3 is 2.82 bits per heavy atom. The van der Waals surface area contributed by atoms with E-state index in [-0.39, 0.29) is 5.82 Å². The Balaban J connectivity index is 2.36. The molecule has 0 radical (unpaired) electrons. The first-order chi connectivity index (χ1) is 8.16. The highest BCUT2D eigenvalue weighted by molar-refractivity contribution is 5.92. The van der Waals surface area contributed by atoms with Crippen molar-refractivity contribution in [3.05, 3.63) is 34.8 Å². The zero-order valence-corrected chi connectivity index (χ0v) is 9.89. The van der Waals surface area contributed by atoms with E-state index in [1.54, 1.807) is 6.92 Å². The number of pyridine rings is 1. The maximum absolute atomic E-state index is 13.5. The first-order valence-corrected chi connectivity index (χ1v) is 6.04. The normalized spacial score (nSPS) is 14.9. The second-order valence-corrected chi connectivity index (χ2v) is 4.78. The predicted molar refractivity (Wildman–Crippen MR) is 67.5 cm³/mol. The van der Waals surface area contributed by atoms with Crippen LogP contribution in [0.25, 0.3) is 10.9 Å². The van der Waals surface area contributed by atoms with Crippen molar-refractivity contribution in [2.45, 2.75) is 32.6 Å². The van der Waals surface area contributed by atoms with Crippen LogP contribution < -0.4 is 5.73 Å². The highest BCUT2D eigenvalue weighted by Crippen LogP contribution is 2.32. The van der Waals surface area contributed by atoms with Crippen LogP contribution >= 0.6 is 0 Å². The second kappa shape index (κ2) is 3.69. The van der Waals surface area contributed by atoms with Gasteiger partial charge in [0.1, 0.15) is 5.82 Å². The Morgan fingerprint density at radius 2 is 2.00 bits per heavy atom. The zero-order chi connectivity index (χ0) is 12.0. The summed E-state index contributed by atoms with van der Waals surface area (Å²) in [6, 6.07) is 3.30. The van der Waals surface area contributed by atoms with Crippen LogP contribution in [-0.2, 0) is 12.8 Å². The fourth-order valence-electron chi connectivity index (χ4n) is 2.59. The van der Waals surface area contributed by atoms with Crippen LogP contribution in [0.15, 0.2) is 12.1 Å². The van der Waals surface area contributed by atoms with Crippen LogP contribution in [0.5, 0.6) is 0 Å². The number of aryl methyl sites for hydroxylation is 2. The Hall–Kier alpha value is -1.64. The third-order valence-electron chi connectivity index (χ3n) is 3.59. The lowest BCUT2D eigenvalue weighted by Gasteiger charge is -2.18. The van der Waals surface area contributed by atoms with Gasteiger partial charge >= 0.3 is 0 Å². The molecular weight excluding hydrogens is 215 g/mol. The van der Waals surface area contributed by atoms with Gasteiger partial charge < -0.3 is 5.73 Å². The van der Waals surface area contributed by atoms with Crippen molar-refractivity contribution in [3.8, 4) is 0 Å². The van der Waals surface area contributed by atoms with Crippen molar-refractivity contribution in [2.75, 3.05) is 5.73 Å². The Bertz CT molecular complexity index is 605. The molecule has 1 aliphatic rings. The summed E-state index contributed by atoms with van der Waals surface area (Å²) in [5.41, 5.74) is 10.5. The van der Waals surface area contributed by atoms with Crippen LogP contribution in [-0.4, -0.2) is 4.98 Å². The number of anilines is 1. The van der Waals surface area contributed by atoms with Crippen molar-refractivity contribution in [1.82, 2.24) is 4.98 Å². The van der Waals surface area contributed by atoms with E-state index >= 15 is 0 Å². The summed E-state index contributed by atoms with van der Waals surface area (Å²) < 4.78 is 13.5. The number of hydrogen-bond acceptors (Lipinski definition) is 2. The van der Waals surface area contributed by atoms with Crippen LogP contribution in [0.2, 0.25) is 0 Å². The van der Waals surface area contributed by atoms with Crippen molar-refractivity contribution in [2.24, 2.45) is 0 Å². The molecule has 1 aliphatic carbocycles. The largest absolute Gasteiger partial charge is 0.398 e. The molecule has 0 aliphatic heterocycles. The van der Waals surface area contributed by atoms with Crippen molar-refractivity contribution < 1.29 is 4.39 Å². The standard InChI is InChI=1S/C14H15FN2/c1-8-6-10-13(7-11(8)15)17-12-5-3-2-4-9(12)14(10)16/h6-7H,2-5H2,1H3,(H2,16,17). The van der Waals surface area contributed by atoms with E-state index in [2.05, 4.69) is 4.98 Å². The number of rotatable bonds is 0. The van der Waals surface area contributed by atoms with Gasteiger partial charge in [-0.1, -0.05) is 0 Å². The number of nitrogens with two attached hydrogens (primary N) is 1. The van der Waals surface area contributed by atoms with Crippen molar-refractivity contribution >= 4 is 16.6 Å². The van der Waals surface area contributed by atoms with Gasteiger partial charge in [0.25, 0.3) is 0 Å². The van der Waals surface area contributed by atoms with Gasteiger partial charge in [0.05, 0.1) is 5.52 Å². The average Bonchev–Trinajstić information content (AvgIpc) is 2.32. The van der Waals surface area contributed by atoms with E-state index in [1.165, 1.54) is 18.1 Å². The number of halogens is 1. The van der Waals surface area contributed by atoms with E-state index in [9.17, 15) is 4.39 Å². The maximum Gasteiger partial charge on any atom is 0.128 e. The van der Waals surface area contributed by atoms with Crippen LogP contribution in [0.1, 0.15) is 29.7 Å². The van der Waals surface area contributed by atoms with E-state index in [0.29, 0.717) is 11.1 Å². The summed E-state index contributed by atoms with van der Waals surface area (Å²) >= 11 is 0. The van der Waals surface area contributed by atoms with Gasteiger partial charge in [0, 0.05) is 22.8 Å². The fourth-order valence-corrected chi connectivity index (χ4v) is 2.59. The molecule has 0 atom stereocenters. The van der Waals surface area contributed by atoms with E-state index in [0.717, 1.165) is 36.0 Å². The molecule has 2 nitrogen and oxygen atoms in total. The van der Waals surface area contributed by atoms with E-state index < -0.39 is 0 Å². The second-order valence-electron chi connectivity index (χ2n) is 4.78. The highest BCUT2D eigenvalue weighted by atomic mass is 19.1. The molecule has 2 aromatic rings. The van der Waals surface area contributed by atoms with Crippen molar-refractivity contribution in [1.29, 1.82) is 0 Å². The monoisotopic (exact) mass is 230 g/mol. The van der Waals surface area contributed by atoms with Gasteiger partial charge in [0.2, 0.25) is 0 Å². The summed E-state index contributed by atoms with van der Waals surface area (Å²) in [6.07, 6.45) is 4.29. The molecule has 0 spiro atoms. The predicted octanol–water partition coefficient (Wildman–Crippen LogP) is 3.14. The summed E-state index contributed by atoms with van der Waals surface area (Å²) in [7, 11) is 0. The van der Waals surface area contributed by atoms with Crippen molar-refractivity contribution in [3.63, 3.8) is 0 Å². The maximum atomic E-state index is 13.5. The van der Waals surface area contributed by atoms with Gasteiger partial charge in [-0.2, -0.15) is 0 Å². The lowest BCUT2D eigenvalue weighted by Crippen LogP contribution is -2.09. The molecule has 0 amide bonds.